The van der Waals surface area contributed by atoms with Gasteiger partial charge in [-0.05, 0) is 183 Å². The Balaban J connectivity index is 1.47. The maximum absolute atomic E-state index is 3.70. The largest absolute Gasteiger partial charge is 0.310 e. The van der Waals surface area contributed by atoms with E-state index in [4.69, 9.17) is 0 Å². The Labute approximate surface area is 405 Å². The maximum atomic E-state index is 3.70. The molecule has 0 bridgehead atoms. The van der Waals surface area contributed by atoms with Gasteiger partial charge in [0.25, 0.3) is 0 Å². The van der Waals surface area contributed by atoms with E-state index in [1.807, 2.05) is 0 Å². The minimum atomic E-state index is -0.531. The zero-order valence-electron chi connectivity index (χ0n) is 39.1. The van der Waals surface area contributed by atoms with Crippen molar-refractivity contribution < 1.29 is 0 Å². The van der Waals surface area contributed by atoms with Gasteiger partial charge in [-0.25, -0.2) is 0 Å². The first-order valence-corrected chi connectivity index (χ1v) is 24.6. The Hall–Kier alpha value is -5.70. The van der Waals surface area contributed by atoms with Crippen molar-refractivity contribution >= 4 is 66.0 Å². The van der Waals surface area contributed by atoms with Gasteiger partial charge in [0, 0.05) is 48.5 Å². The minimum absolute atomic E-state index is 0.0411. The zero-order valence-corrected chi connectivity index (χ0v) is 42.3. The normalized spacial score (nSPS) is 12.3. The van der Waals surface area contributed by atoms with Crippen LogP contribution in [0.1, 0.15) is 116 Å². The van der Waals surface area contributed by atoms with Gasteiger partial charge in [-0.1, -0.05) is 167 Å². The van der Waals surface area contributed by atoms with Crippen molar-refractivity contribution in [1.82, 2.24) is 0 Å². The number of fused-ring (bicyclic) bond motifs is 3. The Morgan fingerprint density at radius 2 is 0.877 bits per heavy atom. The number of unbranched alkanes of at least 4 members (excludes halogenated alkanes) is 5. The molecule has 0 saturated carbocycles. The predicted octanol–water partition coefficient (Wildman–Crippen LogP) is 18.9. The predicted molar refractivity (Wildman–Crippen MR) is 284 cm³/mol. The first kappa shape index (κ1) is 47.3. The lowest BCUT2D eigenvalue weighted by Crippen LogP contribution is -2.23. The molecule has 0 spiro atoms. The van der Waals surface area contributed by atoms with Gasteiger partial charge >= 0.3 is 0 Å². The van der Waals surface area contributed by atoms with Gasteiger partial charge in [-0.2, -0.15) is 0 Å². The summed E-state index contributed by atoms with van der Waals surface area (Å²) in [5, 5.41) is 0. The molecule has 1 aliphatic rings. The van der Waals surface area contributed by atoms with Gasteiger partial charge in [-0.15, -0.1) is 0 Å². The average molecular weight is 981 g/mol. The van der Waals surface area contributed by atoms with Crippen LogP contribution in [-0.4, -0.2) is 0 Å². The number of rotatable bonds is 14. The van der Waals surface area contributed by atoms with Crippen molar-refractivity contribution in [3.05, 3.63) is 212 Å². The van der Waals surface area contributed by atoms with E-state index in [2.05, 4.69) is 271 Å². The lowest BCUT2D eigenvalue weighted by molar-refractivity contribution is 0.518. The fourth-order valence-corrected chi connectivity index (χ4v) is 9.50. The van der Waals surface area contributed by atoms with Crippen LogP contribution in [-0.2, 0) is 16.2 Å². The molecule has 1 aliphatic carbocycles. The summed E-state index contributed by atoms with van der Waals surface area (Å²) < 4.78 is 2.09. The fourth-order valence-electron chi connectivity index (χ4n) is 8.97. The highest BCUT2D eigenvalue weighted by Gasteiger charge is 2.42. The molecule has 0 unspecified atom stereocenters. The van der Waals surface area contributed by atoms with Gasteiger partial charge in [-0.3, -0.25) is 0 Å². The molecule has 0 aliphatic heterocycles. The molecule has 0 amide bonds. The second-order valence-electron chi connectivity index (χ2n) is 19.1. The molecule has 0 N–H and O–H groups in total. The quantitative estimate of drug-likeness (QED) is 0.0793. The van der Waals surface area contributed by atoms with Crippen molar-refractivity contribution in [2.24, 2.45) is 0 Å². The third kappa shape index (κ3) is 10.9. The average Bonchev–Trinajstić information content (AvgIpc) is 3.55. The smallest absolute Gasteiger partial charge is 0.0476 e. The highest BCUT2D eigenvalue weighted by atomic mass is 79.9. The van der Waals surface area contributed by atoms with Crippen LogP contribution in [0.2, 0.25) is 0 Å². The van der Waals surface area contributed by atoms with Gasteiger partial charge in [0.1, 0.15) is 0 Å². The van der Waals surface area contributed by atoms with Crippen LogP contribution in [0.15, 0.2) is 189 Å². The molecule has 6 aromatic rings. The van der Waals surface area contributed by atoms with Crippen molar-refractivity contribution in [3.63, 3.8) is 0 Å². The molecular weight excluding hydrogens is 920 g/mol. The Morgan fingerprint density at radius 1 is 0.492 bits per heavy atom. The summed E-state index contributed by atoms with van der Waals surface area (Å²) in [6, 6.07) is 49.5. The summed E-state index contributed by atoms with van der Waals surface area (Å²) in [5.74, 6) is 0. The SMILES string of the molecule is C=C=C=C=C=C=C=CC1(CCCCCCCC)c2cc(N(c3ccc(Br)cc3)c3ccc(C(C)(C)C)cc3)ccc2-c2ccc(N(c3ccc(Br)cc3)c3ccc(C(C)(C)C)cc3)cc21. The van der Waals surface area contributed by atoms with E-state index in [9.17, 15) is 0 Å². The fraction of sp³-hybridized carbons (Fsp3) is 0.279. The topological polar surface area (TPSA) is 6.48 Å². The second-order valence-corrected chi connectivity index (χ2v) is 21.0. The van der Waals surface area contributed by atoms with Crippen molar-refractivity contribution in [2.45, 2.75) is 110 Å². The van der Waals surface area contributed by atoms with Gasteiger partial charge in [0.2, 0.25) is 0 Å². The van der Waals surface area contributed by atoms with E-state index in [-0.39, 0.29) is 10.8 Å². The van der Waals surface area contributed by atoms with Crippen LogP contribution in [0.3, 0.4) is 0 Å². The first-order valence-electron chi connectivity index (χ1n) is 23.0. The molecule has 65 heavy (non-hydrogen) atoms. The summed E-state index contributed by atoms with van der Waals surface area (Å²) in [7, 11) is 0. The van der Waals surface area contributed by atoms with Gasteiger partial charge in [0.15, 0.2) is 0 Å². The summed E-state index contributed by atoms with van der Waals surface area (Å²) in [6.07, 6.45) is 10.3. The van der Waals surface area contributed by atoms with E-state index in [1.54, 1.807) is 0 Å². The molecule has 4 heteroatoms. The van der Waals surface area contributed by atoms with Crippen molar-refractivity contribution in [3.8, 4) is 11.1 Å². The molecule has 6 aromatic carbocycles. The molecule has 0 heterocycles. The molecule has 0 saturated heterocycles. The summed E-state index contributed by atoms with van der Waals surface area (Å²) in [6.45, 7) is 19.5. The van der Waals surface area contributed by atoms with E-state index < -0.39 is 5.41 Å². The Morgan fingerprint density at radius 3 is 1.29 bits per heavy atom. The molecule has 2 nitrogen and oxygen atoms in total. The standard InChI is InChI=1S/C61H60Br2N2/c1-9-11-13-15-17-19-41-61(42-20-18-16-14-12-10-2)57-43-53(64(51-33-25-47(62)26-34-51)49-29-21-45(22-30-49)59(3,4)5)37-39-55(57)56-40-38-54(44-58(56)61)65(52-35-27-48(63)28-36-52)50-31-23-46(24-32-50)60(6,7)8/h21-41,43-44H,1,10,12,14,16,18,20,42H2,2-8H3. The van der Waals surface area contributed by atoms with E-state index in [0.717, 1.165) is 62.3 Å². The lowest BCUT2D eigenvalue weighted by atomic mass is 9.73. The molecule has 0 radical (unpaired) electrons. The summed E-state index contributed by atoms with van der Waals surface area (Å²) >= 11 is 7.39. The highest BCUT2D eigenvalue weighted by molar-refractivity contribution is 9.10. The number of allylic oxidation sites excluding steroid dienone is 1. The van der Waals surface area contributed by atoms with Crippen molar-refractivity contribution in [2.75, 3.05) is 9.80 Å². The van der Waals surface area contributed by atoms with Crippen LogP contribution >= 0.6 is 31.9 Å². The number of halogens is 2. The van der Waals surface area contributed by atoms with Crippen LogP contribution in [0.4, 0.5) is 34.1 Å². The minimum Gasteiger partial charge on any atom is -0.310 e. The van der Waals surface area contributed by atoms with Crippen molar-refractivity contribution in [1.29, 1.82) is 0 Å². The lowest BCUT2D eigenvalue weighted by Gasteiger charge is -2.32. The number of anilines is 6. The van der Waals surface area contributed by atoms with Crippen LogP contribution in [0.25, 0.3) is 11.1 Å². The number of benzene rings is 6. The molecule has 0 fully saturated rings. The van der Waals surface area contributed by atoms with Crippen LogP contribution in [0, 0.1) is 0 Å². The number of hydrogen-bond donors (Lipinski definition) is 0. The van der Waals surface area contributed by atoms with E-state index in [0.29, 0.717) is 0 Å². The molecule has 328 valence electrons. The van der Waals surface area contributed by atoms with E-state index in [1.165, 1.54) is 59.1 Å². The molecule has 0 atom stereocenters. The molecular formula is C61H60Br2N2. The number of hydrogen-bond acceptors (Lipinski definition) is 2. The zero-order chi connectivity index (χ0) is 46.2. The van der Waals surface area contributed by atoms with E-state index >= 15 is 0 Å². The monoisotopic (exact) mass is 978 g/mol. The third-order valence-electron chi connectivity index (χ3n) is 12.5. The second kappa shape index (κ2) is 20.6. The van der Waals surface area contributed by atoms with Crippen LogP contribution in [0.5, 0.6) is 0 Å². The summed E-state index contributed by atoms with van der Waals surface area (Å²) in [4.78, 5) is 4.77. The van der Waals surface area contributed by atoms with Gasteiger partial charge in [0.05, 0.1) is 0 Å². The summed E-state index contributed by atoms with van der Waals surface area (Å²) in [5.41, 5.74) is 31.5. The first-order chi connectivity index (χ1) is 31.2. The molecule has 7 rings (SSSR count). The highest BCUT2D eigenvalue weighted by Crippen LogP contribution is 2.55. The van der Waals surface area contributed by atoms with Gasteiger partial charge < -0.3 is 9.80 Å². The number of nitrogens with zero attached hydrogens (tertiary/aromatic N) is 2. The Bertz CT molecular complexity index is 2700. The van der Waals surface area contributed by atoms with Crippen LogP contribution < -0.4 is 9.80 Å². The third-order valence-corrected chi connectivity index (χ3v) is 13.6. The Kier molecular flexibility index (Phi) is 15.0. The maximum Gasteiger partial charge on any atom is 0.0476 e. The molecule has 0 aromatic heterocycles.